The number of hydrogen-bond acceptors (Lipinski definition) is 2. The lowest BCUT2D eigenvalue weighted by atomic mass is 9.91. The van der Waals surface area contributed by atoms with E-state index in [1.165, 1.54) is 38.5 Å². The fourth-order valence-corrected chi connectivity index (χ4v) is 3.08. The summed E-state index contributed by atoms with van der Waals surface area (Å²) in [6, 6.07) is 5.85. The van der Waals surface area contributed by atoms with Crippen LogP contribution in [0.15, 0.2) is 22.7 Å². The Morgan fingerprint density at radius 2 is 1.95 bits per heavy atom. The molecule has 1 aromatic rings. The van der Waals surface area contributed by atoms with Crippen LogP contribution >= 0.6 is 15.9 Å². The van der Waals surface area contributed by atoms with Crippen LogP contribution in [0.2, 0.25) is 0 Å². The fourth-order valence-electron chi connectivity index (χ4n) is 2.70. The van der Waals surface area contributed by atoms with Crippen molar-refractivity contribution in [3.8, 4) is 5.75 Å². The Balaban J connectivity index is 2.19. The van der Waals surface area contributed by atoms with Gasteiger partial charge in [0.1, 0.15) is 5.75 Å². The van der Waals surface area contributed by atoms with Crippen molar-refractivity contribution in [2.75, 3.05) is 6.61 Å². The number of ether oxygens (including phenoxy) is 1. The largest absolute Gasteiger partial charge is 0.482 e. The molecule has 0 heterocycles. The predicted molar refractivity (Wildman–Crippen MR) is 77.7 cm³/mol. The third-order valence-electron chi connectivity index (χ3n) is 3.62. The third kappa shape index (κ3) is 4.23. The average molecular weight is 327 g/mol. The standard InChI is InChI=1S/C15H19BrO3/c16-12-7-8-14(19-10-15(17)18)13(9-12)11-5-3-1-2-4-6-11/h7-9,11H,1-6,10H2,(H,17,18). The molecule has 0 aromatic heterocycles. The lowest BCUT2D eigenvalue weighted by Gasteiger charge is -2.19. The van der Waals surface area contributed by atoms with Crippen molar-refractivity contribution in [3.63, 3.8) is 0 Å². The normalized spacial score (nSPS) is 16.9. The van der Waals surface area contributed by atoms with E-state index in [1.54, 1.807) is 0 Å². The monoisotopic (exact) mass is 326 g/mol. The molecular formula is C15H19BrO3. The van der Waals surface area contributed by atoms with Gasteiger partial charge in [-0.15, -0.1) is 0 Å². The van der Waals surface area contributed by atoms with Crippen LogP contribution in [-0.2, 0) is 4.79 Å². The summed E-state index contributed by atoms with van der Waals surface area (Å²) in [6.45, 7) is -0.276. The van der Waals surface area contributed by atoms with E-state index in [0.717, 1.165) is 15.8 Å². The van der Waals surface area contributed by atoms with E-state index in [-0.39, 0.29) is 6.61 Å². The van der Waals surface area contributed by atoms with Crippen LogP contribution in [0, 0.1) is 0 Å². The summed E-state index contributed by atoms with van der Waals surface area (Å²) < 4.78 is 6.45. The first-order valence-electron chi connectivity index (χ1n) is 6.81. The van der Waals surface area contributed by atoms with Gasteiger partial charge in [0.05, 0.1) is 0 Å². The molecule has 0 amide bonds. The second-order valence-corrected chi connectivity index (χ2v) is 5.97. The van der Waals surface area contributed by atoms with Gasteiger partial charge >= 0.3 is 5.97 Å². The van der Waals surface area contributed by atoms with Crippen LogP contribution in [0.3, 0.4) is 0 Å². The maximum atomic E-state index is 10.6. The van der Waals surface area contributed by atoms with Crippen molar-refractivity contribution >= 4 is 21.9 Å². The highest BCUT2D eigenvalue weighted by molar-refractivity contribution is 9.10. The molecule has 1 N–H and O–H groups in total. The van der Waals surface area contributed by atoms with E-state index in [9.17, 15) is 4.79 Å². The number of benzene rings is 1. The second-order valence-electron chi connectivity index (χ2n) is 5.05. The summed E-state index contributed by atoms with van der Waals surface area (Å²) in [5, 5.41) is 8.74. The molecule has 4 heteroatoms. The molecule has 1 fully saturated rings. The SMILES string of the molecule is O=C(O)COc1ccc(Br)cc1C1CCCCCC1. The molecule has 3 nitrogen and oxygen atoms in total. The van der Waals surface area contributed by atoms with Gasteiger partial charge in [-0.05, 0) is 42.5 Å². The van der Waals surface area contributed by atoms with Crippen LogP contribution in [-0.4, -0.2) is 17.7 Å². The van der Waals surface area contributed by atoms with Crippen LogP contribution < -0.4 is 4.74 Å². The van der Waals surface area contributed by atoms with Gasteiger partial charge in [0.25, 0.3) is 0 Å². The Labute approximate surface area is 122 Å². The molecule has 1 aliphatic rings. The van der Waals surface area contributed by atoms with Crippen molar-refractivity contribution in [1.82, 2.24) is 0 Å². The van der Waals surface area contributed by atoms with E-state index in [0.29, 0.717) is 5.92 Å². The molecule has 1 aromatic carbocycles. The minimum absolute atomic E-state index is 0.276. The Bertz CT molecular complexity index is 437. The van der Waals surface area contributed by atoms with Crippen molar-refractivity contribution in [2.24, 2.45) is 0 Å². The molecule has 0 aliphatic heterocycles. The fraction of sp³-hybridized carbons (Fsp3) is 0.533. The maximum absolute atomic E-state index is 10.6. The van der Waals surface area contributed by atoms with Gasteiger partial charge in [0.2, 0.25) is 0 Å². The van der Waals surface area contributed by atoms with Gasteiger partial charge in [-0.25, -0.2) is 4.79 Å². The summed E-state index contributed by atoms with van der Waals surface area (Å²) in [5.74, 6) is 0.274. The summed E-state index contributed by atoms with van der Waals surface area (Å²) in [5.41, 5.74) is 1.15. The first-order chi connectivity index (χ1) is 9.16. The zero-order valence-corrected chi connectivity index (χ0v) is 12.5. The lowest BCUT2D eigenvalue weighted by molar-refractivity contribution is -0.139. The summed E-state index contributed by atoms with van der Waals surface area (Å²) in [4.78, 5) is 10.6. The number of carboxylic acid groups (broad SMARTS) is 1. The number of rotatable bonds is 4. The Morgan fingerprint density at radius 3 is 2.58 bits per heavy atom. The van der Waals surface area contributed by atoms with E-state index < -0.39 is 5.97 Å². The quantitative estimate of drug-likeness (QED) is 0.836. The molecule has 2 rings (SSSR count). The minimum Gasteiger partial charge on any atom is -0.482 e. The molecule has 0 spiro atoms. The van der Waals surface area contributed by atoms with Crippen molar-refractivity contribution in [3.05, 3.63) is 28.2 Å². The maximum Gasteiger partial charge on any atom is 0.341 e. The van der Waals surface area contributed by atoms with Crippen LogP contribution in [0.5, 0.6) is 5.75 Å². The topological polar surface area (TPSA) is 46.5 Å². The summed E-state index contributed by atoms with van der Waals surface area (Å²) in [7, 11) is 0. The number of hydrogen-bond donors (Lipinski definition) is 1. The second kappa shape index (κ2) is 6.94. The van der Waals surface area contributed by atoms with E-state index >= 15 is 0 Å². The molecule has 0 unspecified atom stereocenters. The molecule has 0 atom stereocenters. The molecule has 19 heavy (non-hydrogen) atoms. The van der Waals surface area contributed by atoms with Crippen LogP contribution in [0.25, 0.3) is 0 Å². The van der Waals surface area contributed by atoms with Gasteiger partial charge in [0.15, 0.2) is 6.61 Å². The van der Waals surface area contributed by atoms with Gasteiger partial charge in [-0.1, -0.05) is 41.6 Å². The lowest BCUT2D eigenvalue weighted by Crippen LogP contribution is -2.11. The van der Waals surface area contributed by atoms with E-state index in [4.69, 9.17) is 9.84 Å². The number of carbonyl (C=O) groups is 1. The molecule has 104 valence electrons. The molecule has 0 bridgehead atoms. The average Bonchev–Trinajstić information content (AvgIpc) is 2.65. The zero-order chi connectivity index (χ0) is 13.7. The molecule has 0 radical (unpaired) electrons. The van der Waals surface area contributed by atoms with E-state index in [2.05, 4.69) is 22.0 Å². The van der Waals surface area contributed by atoms with Gasteiger partial charge in [0, 0.05) is 4.47 Å². The smallest absolute Gasteiger partial charge is 0.341 e. The molecule has 0 saturated heterocycles. The highest BCUT2D eigenvalue weighted by Crippen LogP contribution is 2.38. The number of aliphatic carboxylic acids is 1. The molecule has 1 saturated carbocycles. The molecular weight excluding hydrogens is 308 g/mol. The van der Waals surface area contributed by atoms with Gasteiger partial charge in [-0.3, -0.25) is 0 Å². The van der Waals surface area contributed by atoms with Gasteiger partial charge in [-0.2, -0.15) is 0 Å². The minimum atomic E-state index is -0.935. The Kier molecular flexibility index (Phi) is 5.25. The van der Waals surface area contributed by atoms with Gasteiger partial charge < -0.3 is 9.84 Å². The highest BCUT2D eigenvalue weighted by atomic mass is 79.9. The summed E-state index contributed by atoms with van der Waals surface area (Å²) >= 11 is 3.49. The Morgan fingerprint density at radius 1 is 1.26 bits per heavy atom. The van der Waals surface area contributed by atoms with Crippen LogP contribution in [0.4, 0.5) is 0 Å². The first kappa shape index (κ1) is 14.4. The number of halogens is 1. The summed E-state index contributed by atoms with van der Waals surface area (Å²) in [6.07, 6.45) is 7.43. The first-order valence-corrected chi connectivity index (χ1v) is 7.60. The molecule has 1 aliphatic carbocycles. The number of carboxylic acids is 1. The predicted octanol–water partition coefficient (Wildman–Crippen LogP) is 4.35. The van der Waals surface area contributed by atoms with Crippen molar-refractivity contribution in [2.45, 2.75) is 44.4 Å². The highest BCUT2D eigenvalue weighted by Gasteiger charge is 2.19. The third-order valence-corrected chi connectivity index (χ3v) is 4.11. The van der Waals surface area contributed by atoms with Crippen molar-refractivity contribution in [1.29, 1.82) is 0 Å². The Hall–Kier alpha value is -1.03. The van der Waals surface area contributed by atoms with E-state index in [1.807, 2.05) is 12.1 Å². The zero-order valence-electron chi connectivity index (χ0n) is 10.9. The van der Waals surface area contributed by atoms with Crippen LogP contribution in [0.1, 0.15) is 50.0 Å². The van der Waals surface area contributed by atoms with Crippen molar-refractivity contribution < 1.29 is 14.6 Å².